The van der Waals surface area contributed by atoms with Crippen LogP contribution in [-0.2, 0) is 0 Å². The summed E-state index contributed by atoms with van der Waals surface area (Å²) in [7, 11) is 3.51. The fourth-order valence-electron chi connectivity index (χ4n) is 0.942. The predicted octanol–water partition coefficient (Wildman–Crippen LogP) is 2.84. The number of rotatable bonds is 5. The Hall–Kier alpha value is -1.44. The van der Waals surface area contributed by atoms with Crippen molar-refractivity contribution in [3.05, 3.63) is 36.5 Å². The van der Waals surface area contributed by atoms with Crippen LogP contribution in [0.5, 0.6) is 0 Å². The third kappa shape index (κ3) is 4.55. The predicted molar refractivity (Wildman–Crippen MR) is 65.5 cm³/mol. The Balaban J connectivity index is 4.80. The molecule has 0 radical (unpaired) electrons. The second-order valence-electron chi connectivity index (χ2n) is 2.65. The average Bonchev–Trinajstić information content (AvgIpc) is 2.23. The second-order valence-corrected chi connectivity index (χ2v) is 2.65. The van der Waals surface area contributed by atoms with E-state index in [2.05, 4.69) is 29.6 Å². The molecule has 0 bridgehead atoms. The van der Waals surface area contributed by atoms with E-state index >= 15 is 0 Å². The molecule has 0 aliphatic rings. The summed E-state index contributed by atoms with van der Waals surface area (Å²) < 4.78 is 0. The summed E-state index contributed by atoms with van der Waals surface area (Å²) in [6.45, 7) is 5.84. The highest BCUT2D eigenvalue weighted by atomic mass is 14.7. The molecule has 0 fully saturated rings. The van der Waals surface area contributed by atoms with Gasteiger partial charge in [-0.05, 0) is 18.6 Å². The van der Waals surface area contributed by atoms with Gasteiger partial charge in [-0.25, -0.2) is 0 Å². The molecule has 0 heterocycles. The van der Waals surface area contributed by atoms with Gasteiger partial charge in [0.1, 0.15) is 0 Å². The van der Waals surface area contributed by atoms with Crippen molar-refractivity contribution < 1.29 is 0 Å². The van der Waals surface area contributed by atoms with E-state index in [-0.39, 0.29) is 0 Å². The Bertz CT molecular complexity index is 281. The van der Waals surface area contributed by atoms with Crippen molar-refractivity contribution in [1.29, 1.82) is 0 Å². The fraction of sp³-hybridized carbons (Fsp3) is 0.333. The van der Waals surface area contributed by atoms with Crippen molar-refractivity contribution in [1.82, 2.24) is 0 Å². The smallest absolute Gasteiger partial charge is 0.0640 e. The Morgan fingerprint density at radius 3 is 2.50 bits per heavy atom. The first kappa shape index (κ1) is 12.6. The SMILES string of the molecule is C=CC(=CC=NC)C(C=CCC)=NC. The number of nitrogens with zero attached hydrogens (tertiary/aromatic N) is 2. The molecule has 0 aromatic carbocycles. The molecule has 0 saturated carbocycles. The maximum absolute atomic E-state index is 4.18. The lowest BCUT2D eigenvalue weighted by Crippen LogP contribution is -1.96. The number of hydrogen-bond donors (Lipinski definition) is 0. The van der Waals surface area contributed by atoms with E-state index in [1.807, 2.05) is 12.2 Å². The lowest BCUT2D eigenvalue weighted by molar-refractivity contribution is 1.23. The van der Waals surface area contributed by atoms with Crippen LogP contribution in [0.1, 0.15) is 13.3 Å². The zero-order valence-electron chi connectivity index (χ0n) is 9.20. The first-order valence-corrected chi connectivity index (χ1v) is 4.68. The van der Waals surface area contributed by atoms with E-state index in [0.29, 0.717) is 0 Å². The van der Waals surface area contributed by atoms with Crippen LogP contribution >= 0.6 is 0 Å². The average molecular weight is 190 g/mol. The molecule has 0 N–H and O–H groups in total. The van der Waals surface area contributed by atoms with Gasteiger partial charge in [-0.1, -0.05) is 25.7 Å². The van der Waals surface area contributed by atoms with Crippen molar-refractivity contribution in [2.24, 2.45) is 9.98 Å². The topological polar surface area (TPSA) is 24.7 Å². The van der Waals surface area contributed by atoms with Crippen LogP contribution in [0.2, 0.25) is 0 Å². The summed E-state index contributed by atoms with van der Waals surface area (Å²) in [4.78, 5) is 8.07. The molecule has 0 amide bonds. The first-order chi connectivity index (χ1) is 6.79. The van der Waals surface area contributed by atoms with E-state index in [1.54, 1.807) is 26.4 Å². The Morgan fingerprint density at radius 2 is 2.07 bits per heavy atom. The zero-order chi connectivity index (χ0) is 10.8. The van der Waals surface area contributed by atoms with Gasteiger partial charge >= 0.3 is 0 Å². The molecule has 76 valence electrons. The van der Waals surface area contributed by atoms with Gasteiger partial charge < -0.3 is 0 Å². The van der Waals surface area contributed by atoms with Crippen LogP contribution in [0.15, 0.2) is 46.4 Å². The number of hydrogen-bond acceptors (Lipinski definition) is 2. The molecular weight excluding hydrogens is 172 g/mol. The van der Waals surface area contributed by atoms with E-state index in [0.717, 1.165) is 17.7 Å². The molecule has 0 aromatic rings. The van der Waals surface area contributed by atoms with Crippen LogP contribution in [0.4, 0.5) is 0 Å². The number of allylic oxidation sites excluding steroid dienone is 5. The Morgan fingerprint density at radius 1 is 1.36 bits per heavy atom. The first-order valence-electron chi connectivity index (χ1n) is 4.68. The zero-order valence-corrected chi connectivity index (χ0v) is 9.20. The maximum atomic E-state index is 4.18. The van der Waals surface area contributed by atoms with Crippen LogP contribution in [-0.4, -0.2) is 26.0 Å². The molecule has 0 unspecified atom stereocenters. The largest absolute Gasteiger partial charge is 0.296 e. The highest BCUT2D eigenvalue weighted by molar-refractivity contribution is 6.12. The van der Waals surface area contributed by atoms with Crippen LogP contribution in [0.3, 0.4) is 0 Å². The van der Waals surface area contributed by atoms with Crippen molar-refractivity contribution in [3.63, 3.8) is 0 Å². The van der Waals surface area contributed by atoms with Crippen LogP contribution in [0.25, 0.3) is 0 Å². The fourth-order valence-corrected chi connectivity index (χ4v) is 0.942. The molecule has 0 aliphatic carbocycles. The second kappa shape index (κ2) is 8.17. The van der Waals surface area contributed by atoms with Crippen LogP contribution in [0, 0.1) is 0 Å². The normalized spacial score (nSPS) is 14.2. The maximum Gasteiger partial charge on any atom is 0.0640 e. The molecule has 0 rings (SSSR count). The van der Waals surface area contributed by atoms with Crippen molar-refractivity contribution in [2.45, 2.75) is 13.3 Å². The standard InChI is InChI=1S/C12H18N2/c1-5-7-8-12(14-4)11(6-2)9-10-13-3/h6-10H,2,5H2,1,3-4H3. The van der Waals surface area contributed by atoms with Crippen molar-refractivity contribution in [3.8, 4) is 0 Å². The molecule has 2 heteroatoms. The monoisotopic (exact) mass is 190 g/mol. The van der Waals surface area contributed by atoms with Crippen molar-refractivity contribution >= 4 is 11.9 Å². The molecule has 0 aliphatic heterocycles. The van der Waals surface area contributed by atoms with Gasteiger partial charge in [0.25, 0.3) is 0 Å². The minimum Gasteiger partial charge on any atom is -0.296 e. The quantitative estimate of drug-likeness (QED) is 0.470. The molecular formula is C12H18N2. The lowest BCUT2D eigenvalue weighted by Gasteiger charge is -1.99. The highest BCUT2D eigenvalue weighted by Gasteiger charge is 1.96. The number of aliphatic imine (C=N–C) groups is 2. The third-order valence-electron chi connectivity index (χ3n) is 1.67. The summed E-state index contributed by atoms with van der Waals surface area (Å²) in [5, 5.41) is 0. The van der Waals surface area contributed by atoms with Crippen molar-refractivity contribution in [2.75, 3.05) is 14.1 Å². The molecule has 0 atom stereocenters. The Labute approximate surface area is 86.5 Å². The van der Waals surface area contributed by atoms with Gasteiger partial charge in [0.2, 0.25) is 0 Å². The van der Waals surface area contributed by atoms with Gasteiger partial charge in [0.15, 0.2) is 0 Å². The Kier molecular flexibility index (Phi) is 7.33. The van der Waals surface area contributed by atoms with Crippen LogP contribution < -0.4 is 0 Å². The van der Waals surface area contributed by atoms with E-state index in [9.17, 15) is 0 Å². The minimum atomic E-state index is 0.932. The summed E-state index contributed by atoms with van der Waals surface area (Å²) in [5.41, 5.74) is 1.92. The molecule has 0 saturated heterocycles. The summed E-state index contributed by atoms with van der Waals surface area (Å²) in [6.07, 6.45) is 10.5. The highest BCUT2D eigenvalue weighted by Crippen LogP contribution is 2.01. The summed E-state index contributed by atoms with van der Waals surface area (Å²) in [5.74, 6) is 0. The molecule has 0 spiro atoms. The summed E-state index contributed by atoms with van der Waals surface area (Å²) in [6, 6.07) is 0. The lowest BCUT2D eigenvalue weighted by atomic mass is 10.1. The molecule has 0 aromatic heterocycles. The summed E-state index contributed by atoms with van der Waals surface area (Å²) >= 11 is 0. The van der Waals surface area contributed by atoms with Gasteiger partial charge in [0.05, 0.1) is 5.71 Å². The molecule has 14 heavy (non-hydrogen) atoms. The minimum absolute atomic E-state index is 0.932. The van der Waals surface area contributed by atoms with Gasteiger partial charge in [0, 0.05) is 25.9 Å². The molecule has 2 nitrogen and oxygen atoms in total. The van der Waals surface area contributed by atoms with Gasteiger partial charge in [-0.3, -0.25) is 9.98 Å². The van der Waals surface area contributed by atoms with Gasteiger partial charge in [-0.2, -0.15) is 0 Å². The van der Waals surface area contributed by atoms with Gasteiger partial charge in [-0.15, -0.1) is 0 Å². The third-order valence-corrected chi connectivity index (χ3v) is 1.67. The van der Waals surface area contributed by atoms with E-state index in [1.165, 1.54) is 0 Å². The van der Waals surface area contributed by atoms with E-state index < -0.39 is 0 Å². The van der Waals surface area contributed by atoms with E-state index in [4.69, 9.17) is 0 Å².